The molecule has 1 atom stereocenters. The molecule has 0 bridgehead atoms. The Labute approximate surface area is 230 Å². The van der Waals surface area contributed by atoms with Gasteiger partial charge in [-0.1, -0.05) is 0 Å². The van der Waals surface area contributed by atoms with Gasteiger partial charge in [-0.15, -0.1) is 0 Å². The Morgan fingerprint density at radius 2 is 1.95 bits per heavy atom. The topological polar surface area (TPSA) is 139 Å². The standard InChI is InChI=1S/C24H25F4N7O5S/c1-13(2)33-10-16-21(23(33)38)34(11-19(36)30-18-4-3-15(25)8-29-18)20-7-17(31-35(20)22(16)37)14-5-6-32(9-14)41(39,40)12-24(26,27)28/h3-4,7-8,13-14H,5-6,9-12H2,1-2H3,(H,29,30,36)/t14-/m1/s1. The van der Waals surface area contributed by atoms with E-state index in [-0.39, 0.29) is 60.5 Å². The van der Waals surface area contributed by atoms with Crippen molar-refractivity contribution >= 4 is 33.3 Å². The molecule has 1 N–H and O–H groups in total. The van der Waals surface area contributed by atoms with E-state index in [2.05, 4.69) is 15.4 Å². The molecule has 220 valence electrons. The van der Waals surface area contributed by atoms with E-state index < -0.39 is 57.6 Å². The van der Waals surface area contributed by atoms with Crippen LogP contribution in [0.25, 0.3) is 5.65 Å². The molecule has 3 aromatic heterocycles. The monoisotopic (exact) mass is 599 g/mol. The van der Waals surface area contributed by atoms with E-state index in [4.69, 9.17) is 0 Å². The Bertz CT molecular complexity index is 1700. The van der Waals surface area contributed by atoms with Crippen molar-refractivity contribution in [3.05, 3.63) is 57.5 Å². The molecule has 1 fully saturated rings. The lowest BCUT2D eigenvalue weighted by molar-refractivity contribution is -0.116. The average molecular weight is 600 g/mol. The molecule has 0 aromatic carbocycles. The van der Waals surface area contributed by atoms with E-state index in [1.54, 1.807) is 13.8 Å². The van der Waals surface area contributed by atoms with Gasteiger partial charge in [0.05, 0.1) is 24.0 Å². The van der Waals surface area contributed by atoms with Crippen molar-refractivity contribution in [2.45, 2.75) is 51.5 Å². The number of nitrogens with zero attached hydrogens (tertiary/aromatic N) is 6. The normalized spacial score (nSPS) is 18.1. The zero-order chi connectivity index (χ0) is 29.9. The van der Waals surface area contributed by atoms with Gasteiger partial charge in [0.25, 0.3) is 11.5 Å². The molecule has 12 nitrogen and oxygen atoms in total. The summed E-state index contributed by atoms with van der Waals surface area (Å²) in [4.78, 5) is 45.0. The summed E-state index contributed by atoms with van der Waals surface area (Å²) in [5, 5.41) is 6.85. The van der Waals surface area contributed by atoms with E-state index in [0.717, 1.165) is 21.1 Å². The van der Waals surface area contributed by atoms with Crippen LogP contribution in [0.15, 0.2) is 29.2 Å². The minimum atomic E-state index is -4.90. The van der Waals surface area contributed by atoms with Crippen molar-refractivity contribution in [2.75, 3.05) is 24.2 Å². The van der Waals surface area contributed by atoms with Crippen LogP contribution in [0.1, 0.15) is 47.9 Å². The maximum Gasteiger partial charge on any atom is 0.404 e. The molecule has 17 heteroatoms. The van der Waals surface area contributed by atoms with Gasteiger partial charge in [-0.05, 0) is 32.4 Å². The highest BCUT2D eigenvalue weighted by molar-refractivity contribution is 7.89. The van der Waals surface area contributed by atoms with Crippen LogP contribution >= 0.6 is 0 Å². The third-order valence-electron chi connectivity index (χ3n) is 7.01. The lowest BCUT2D eigenvalue weighted by Gasteiger charge is -2.20. The number of carbonyl (C=O) groups excluding carboxylic acids is 2. The van der Waals surface area contributed by atoms with Crippen LogP contribution in [0.5, 0.6) is 0 Å². The number of carbonyl (C=O) groups is 2. The SMILES string of the molecule is CC(C)N1Cc2c(n(CC(=O)Nc3ccc(F)cn3)c3cc([C@@H]4CCN(S(=O)(=O)CC(F)(F)F)C4)nn3c2=O)C1=O. The summed E-state index contributed by atoms with van der Waals surface area (Å²) in [5.41, 5.74) is -0.196. The third-order valence-corrected chi connectivity index (χ3v) is 8.82. The van der Waals surface area contributed by atoms with Crippen LogP contribution in [-0.2, 0) is 27.9 Å². The van der Waals surface area contributed by atoms with Gasteiger partial charge < -0.3 is 14.8 Å². The highest BCUT2D eigenvalue weighted by Crippen LogP contribution is 2.32. The van der Waals surface area contributed by atoms with Gasteiger partial charge >= 0.3 is 6.18 Å². The highest BCUT2D eigenvalue weighted by Gasteiger charge is 2.42. The van der Waals surface area contributed by atoms with E-state index >= 15 is 0 Å². The molecule has 0 aliphatic carbocycles. The van der Waals surface area contributed by atoms with Crippen LogP contribution in [0, 0.1) is 5.82 Å². The number of anilines is 1. The van der Waals surface area contributed by atoms with Crippen molar-refractivity contribution in [3.63, 3.8) is 0 Å². The van der Waals surface area contributed by atoms with Gasteiger partial charge in [0, 0.05) is 31.1 Å². The Morgan fingerprint density at radius 3 is 2.59 bits per heavy atom. The molecule has 41 heavy (non-hydrogen) atoms. The van der Waals surface area contributed by atoms with Gasteiger partial charge in [-0.2, -0.15) is 22.8 Å². The number of aromatic nitrogens is 4. The number of pyridine rings is 1. The average Bonchev–Trinajstić information content (AvgIpc) is 3.59. The largest absolute Gasteiger partial charge is 0.404 e. The second kappa shape index (κ2) is 10.2. The molecule has 2 aliphatic heterocycles. The molecular weight excluding hydrogens is 574 g/mol. The molecule has 5 heterocycles. The fourth-order valence-electron chi connectivity index (χ4n) is 5.08. The number of rotatable bonds is 7. The molecule has 0 spiro atoms. The quantitative estimate of drug-likeness (QED) is 0.408. The molecule has 2 aliphatic rings. The van der Waals surface area contributed by atoms with Crippen molar-refractivity contribution in [1.29, 1.82) is 0 Å². The van der Waals surface area contributed by atoms with Crippen molar-refractivity contribution in [2.24, 2.45) is 0 Å². The minimum absolute atomic E-state index is 0.00864. The summed E-state index contributed by atoms with van der Waals surface area (Å²) in [7, 11) is -4.61. The maximum absolute atomic E-state index is 13.4. The smallest absolute Gasteiger partial charge is 0.330 e. The van der Waals surface area contributed by atoms with Crippen molar-refractivity contribution < 1.29 is 35.6 Å². The van der Waals surface area contributed by atoms with E-state index in [0.29, 0.717) is 0 Å². The Kier molecular flexibility index (Phi) is 7.13. The number of hydrogen-bond acceptors (Lipinski definition) is 7. The summed E-state index contributed by atoms with van der Waals surface area (Å²) in [6.07, 6.45) is -3.83. The van der Waals surface area contributed by atoms with Gasteiger partial charge in [-0.25, -0.2) is 22.1 Å². The van der Waals surface area contributed by atoms with Crippen LogP contribution in [-0.4, -0.2) is 79.7 Å². The summed E-state index contributed by atoms with van der Waals surface area (Å²) >= 11 is 0. The molecule has 0 saturated carbocycles. The first-order valence-corrected chi connectivity index (χ1v) is 14.2. The van der Waals surface area contributed by atoms with E-state index in [9.17, 15) is 40.4 Å². The minimum Gasteiger partial charge on any atom is -0.330 e. The van der Waals surface area contributed by atoms with E-state index in [1.807, 2.05) is 0 Å². The summed E-state index contributed by atoms with van der Waals surface area (Å²) < 4.78 is 79.2. The summed E-state index contributed by atoms with van der Waals surface area (Å²) in [6.45, 7) is 2.63. The number of sulfonamides is 1. The van der Waals surface area contributed by atoms with Crippen molar-refractivity contribution in [1.82, 2.24) is 28.4 Å². The molecule has 5 rings (SSSR count). The van der Waals surface area contributed by atoms with Crippen LogP contribution < -0.4 is 10.9 Å². The number of alkyl halides is 3. The molecule has 3 aromatic rings. The van der Waals surface area contributed by atoms with Gasteiger partial charge in [-0.3, -0.25) is 14.4 Å². The molecular formula is C24H25F4N7O5S. The number of hydrogen-bond donors (Lipinski definition) is 1. The van der Waals surface area contributed by atoms with Gasteiger partial charge in [0.2, 0.25) is 15.9 Å². The summed E-state index contributed by atoms with van der Waals surface area (Å²) in [6, 6.07) is 3.53. The fourth-order valence-corrected chi connectivity index (χ4v) is 6.46. The van der Waals surface area contributed by atoms with Crippen LogP contribution in [0.2, 0.25) is 0 Å². The second-order valence-electron chi connectivity index (χ2n) is 10.2. The number of fused-ring (bicyclic) bond motifs is 2. The number of halogens is 4. The second-order valence-corrected chi connectivity index (χ2v) is 12.2. The molecule has 2 amide bonds. The molecule has 0 unspecified atom stereocenters. The first kappa shape index (κ1) is 28.7. The molecule has 0 radical (unpaired) electrons. The Morgan fingerprint density at radius 1 is 1.22 bits per heavy atom. The predicted octanol–water partition coefficient (Wildman–Crippen LogP) is 1.71. The lowest BCUT2D eigenvalue weighted by atomic mass is 10.1. The van der Waals surface area contributed by atoms with Gasteiger partial charge in [0.1, 0.15) is 29.5 Å². The molecule has 1 saturated heterocycles. The van der Waals surface area contributed by atoms with Crippen molar-refractivity contribution in [3.8, 4) is 0 Å². The highest BCUT2D eigenvalue weighted by atomic mass is 32.2. The van der Waals surface area contributed by atoms with E-state index in [1.165, 1.54) is 21.6 Å². The number of amides is 2. The predicted molar refractivity (Wildman–Crippen MR) is 136 cm³/mol. The zero-order valence-electron chi connectivity index (χ0n) is 21.9. The van der Waals surface area contributed by atoms with Gasteiger partial charge in [0.15, 0.2) is 5.75 Å². The first-order chi connectivity index (χ1) is 19.1. The van der Waals surface area contributed by atoms with Crippen LogP contribution in [0.4, 0.5) is 23.4 Å². The summed E-state index contributed by atoms with van der Waals surface area (Å²) in [5.74, 6) is -4.27. The maximum atomic E-state index is 13.4. The first-order valence-electron chi connectivity index (χ1n) is 12.6. The Balaban J connectivity index is 1.52. The fraction of sp³-hybridized carbons (Fsp3) is 0.458. The number of nitrogens with one attached hydrogen (secondary N) is 1. The Hall–Kier alpha value is -3.86. The lowest BCUT2D eigenvalue weighted by Crippen LogP contribution is -2.36. The van der Waals surface area contributed by atoms with Crippen LogP contribution in [0.3, 0.4) is 0 Å². The third kappa shape index (κ3) is 5.55. The zero-order valence-corrected chi connectivity index (χ0v) is 22.7.